The van der Waals surface area contributed by atoms with Gasteiger partial charge in [0, 0.05) is 13.0 Å². The molecule has 0 fully saturated rings. The molecule has 0 aliphatic carbocycles. The van der Waals surface area contributed by atoms with Crippen molar-refractivity contribution in [2.24, 2.45) is 0 Å². The Balaban J connectivity index is 3.68. The Labute approximate surface area is 104 Å². The van der Waals surface area contributed by atoms with Gasteiger partial charge < -0.3 is 4.74 Å². The Morgan fingerprint density at radius 3 is 2.47 bits per heavy atom. The number of nitrogens with zero attached hydrogens (tertiary/aromatic N) is 1. The van der Waals surface area contributed by atoms with Crippen molar-refractivity contribution in [2.45, 2.75) is 58.8 Å². The van der Waals surface area contributed by atoms with E-state index in [2.05, 4.69) is 6.92 Å². The van der Waals surface area contributed by atoms with E-state index >= 15 is 0 Å². The fraction of sp³-hybridized carbons (Fsp3) is 0.714. The molecule has 0 heterocycles. The highest BCUT2D eigenvalue weighted by molar-refractivity contribution is 5.66. The van der Waals surface area contributed by atoms with Crippen molar-refractivity contribution in [3.8, 4) is 6.07 Å². The molecule has 0 N–H and O–H groups in total. The molecule has 0 saturated heterocycles. The van der Waals surface area contributed by atoms with Crippen LogP contribution in [-0.4, -0.2) is 12.6 Å². The first kappa shape index (κ1) is 15.7. The summed E-state index contributed by atoms with van der Waals surface area (Å²) in [6, 6.07) is 2.00. The van der Waals surface area contributed by atoms with E-state index in [1.165, 1.54) is 45.1 Å². The van der Waals surface area contributed by atoms with Crippen LogP contribution < -0.4 is 0 Å². The molecular weight excluding hydrogens is 214 g/mol. The number of carbonyl (C=O) groups is 1. The summed E-state index contributed by atoms with van der Waals surface area (Å²) in [6.07, 6.45) is 9.70. The average molecular weight is 237 g/mol. The third kappa shape index (κ3) is 11.0. The number of hydrogen-bond donors (Lipinski definition) is 0. The van der Waals surface area contributed by atoms with Crippen LogP contribution in [0.15, 0.2) is 11.6 Å². The van der Waals surface area contributed by atoms with Gasteiger partial charge in [0.25, 0.3) is 0 Å². The van der Waals surface area contributed by atoms with E-state index in [0.717, 1.165) is 18.4 Å². The predicted octanol–water partition coefficient (Wildman–Crippen LogP) is 3.75. The standard InChI is InChI=1S/C14H23NO2/c1-3-4-5-6-7-8-9-14(10-11-15)12-17-13(2)16/h10H,3-9,12H2,1-2H3/b14-10-. The lowest BCUT2D eigenvalue weighted by atomic mass is 10.1. The zero-order valence-corrected chi connectivity index (χ0v) is 11.0. The van der Waals surface area contributed by atoms with Gasteiger partial charge in [-0.05, 0) is 18.4 Å². The molecule has 0 rings (SSSR count). The Morgan fingerprint density at radius 2 is 1.88 bits per heavy atom. The number of esters is 1. The van der Waals surface area contributed by atoms with Crippen LogP contribution in [0.25, 0.3) is 0 Å². The van der Waals surface area contributed by atoms with E-state index in [1.54, 1.807) is 0 Å². The van der Waals surface area contributed by atoms with Crippen LogP contribution >= 0.6 is 0 Å². The number of hydrogen-bond acceptors (Lipinski definition) is 3. The minimum atomic E-state index is -0.295. The van der Waals surface area contributed by atoms with Crippen molar-refractivity contribution in [2.75, 3.05) is 6.61 Å². The van der Waals surface area contributed by atoms with Crippen molar-refractivity contribution >= 4 is 5.97 Å². The average Bonchev–Trinajstić information content (AvgIpc) is 2.30. The van der Waals surface area contributed by atoms with Gasteiger partial charge in [-0.2, -0.15) is 5.26 Å². The highest BCUT2D eigenvalue weighted by atomic mass is 16.5. The number of nitriles is 1. The maximum absolute atomic E-state index is 10.7. The van der Waals surface area contributed by atoms with Crippen molar-refractivity contribution in [1.29, 1.82) is 5.26 Å². The van der Waals surface area contributed by atoms with E-state index < -0.39 is 0 Å². The third-order valence-corrected chi connectivity index (χ3v) is 2.58. The molecule has 0 amide bonds. The third-order valence-electron chi connectivity index (χ3n) is 2.58. The topological polar surface area (TPSA) is 50.1 Å². The number of allylic oxidation sites excluding steroid dienone is 1. The summed E-state index contributed by atoms with van der Waals surface area (Å²) >= 11 is 0. The molecule has 3 heteroatoms. The predicted molar refractivity (Wildman–Crippen MR) is 68.3 cm³/mol. The van der Waals surface area contributed by atoms with Crippen molar-refractivity contribution in [1.82, 2.24) is 0 Å². The number of unbranched alkanes of at least 4 members (excludes halogenated alkanes) is 5. The van der Waals surface area contributed by atoms with E-state index in [4.69, 9.17) is 10.00 Å². The minimum Gasteiger partial charge on any atom is -0.461 e. The quantitative estimate of drug-likeness (QED) is 0.348. The van der Waals surface area contributed by atoms with Crippen molar-refractivity contribution < 1.29 is 9.53 Å². The normalized spacial score (nSPS) is 11.0. The van der Waals surface area contributed by atoms with Gasteiger partial charge in [-0.3, -0.25) is 4.79 Å². The smallest absolute Gasteiger partial charge is 0.302 e. The monoisotopic (exact) mass is 237 g/mol. The summed E-state index contributed by atoms with van der Waals surface area (Å²) < 4.78 is 4.89. The lowest BCUT2D eigenvalue weighted by Crippen LogP contribution is -2.03. The molecule has 0 spiro atoms. The van der Waals surface area contributed by atoms with Gasteiger partial charge in [-0.15, -0.1) is 0 Å². The molecule has 0 aromatic heterocycles. The minimum absolute atomic E-state index is 0.262. The van der Waals surface area contributed by atoms with Crippen LogP contribution in [0.2, 0.25) is 0 Å². The van der Waals surface area contributed by atoms with Crippen LogP contribution in [0.5, 0.6) is 0 Å². The van der Waals surface area contributed by atoms with Crippen LogP contribution in [0.4, 0.5) is 0 Å². The summed E-state index contributed by atoms with van der Waals surface area (Å²) in [5, 5.41) is 8.61. The summed E-state index contributed by atoms with van der Waals surface area (Å²) in [4.78, 5) is 10.7. The van der Waals surface area contributed by atoms with Gasteiger partial charge in [-0.25, -0.2) is 0 Å². The molecule has 0 atom stereocenters. The summed E-state index contributed by atoms with van der Waals surface area (Å²) in [5.74, 6) is -0.295. The summed E-state index contributed by atoms with van der Waals surface area (Å²) in [7, 11) is 0. The maximum atomic E-state index is 10.7. The summed E-state index contributed by atoms with van der Waals surface area (Å²) in [6.45, 7) is 3.85. The first-order valence-corrected chi connectivity index (χ1v) is 6.41. The lowest BCUT2D eigenvalue weighted by molar-refractivity contribution is -0.140. The van der Waals surface area contributed by atoms with Gasteiger partial charge in [0.05, 0.1) is 6.07 Å². The maximum Gasteiger partial charge on any atom is 0.302 e. The van der Waals surface area contributed by atoms with Gasteiger partial charge in [0.1, 0.15) is 6.61 Å². The zero-order valence-electron chi connectivity index (χ0n) is 11.0. The first-order chi connectivity index (χ1) is 8.20. The molecule has 0 bridgehead atoms. The molecular formula is C14H23NO2. The molecule has 0 aliphatic rings. The zero-order chi connectivity index (χ0) is 12.9. The fourth-order valence-electron chi connectivity index (χ4n) is 1.60. The number of ether oxygens (including phenoxy) is 1. The Bertz CT molecular complexity index is 276. The molecule has 0 aliphatic heterocycles. The second-order valence-electron chi connectivity index (χ2n) is 4.23. The molecule has 3 nitrogen and oxygen atoms in total. The van der Waals surface area contributed by atoms with Crippen molar-refractivity contribution in [3.63, 3.8) is 0 Å². The largest absolute Gasteiger partial charge is 0.461 e. The van der Waals surface area contributed by atoms with E-state index in [9.17, 15) is 4.79 Å². The van der Waals surface area contributed by atoms with Crippen LogP contribution in [-0.2, 0) is 9.53 Å². The lowest BCUT2D eigenvalue weighted by Gasteiger charge is -2.06. The van der Waals surface area contributed by atoms with Gasteiger partial charge in [0.2, 0.25) is 0 Å². The van der Waals surface area contributed by atoms with Crippen LogP contribution in [0, 0.1) is 11.3 Å². The highest BCUT2D eigenvalue weighted by Crippen LogP contribution is 2.12. The first-order valence-electron chi connectivity index (χ1n) is 6.41. The van der Waals surface area contributed by atoms with E-state index in [-0.39, 0.29) is 12.6 Å². The SMILES string of the molecule is CCCCCCCC/C(=C/C#N)COC(C)=O. The second kappa shape index (κ2) is 11.2. The molecule has 0 radical (unpaired) electrons. The number of carbonyl (C=O) groups excluding carboxylic acids is 1. The van der Waals surface area contributed by atoms with Gasteiger partial charge >= 0.3 is 5.97 Å². The Kier molecular flexibility index (Phi) is 10.3. The molecule has 17 heavy (non-hydrogen) atoms. The summed E-state index contributed by atoms with van der Waals surface area (Å²) in [5.41, 5.74) is 0.915. The van der Waals surface area contributed by atoms with E-state index in [0.29, 0.717) is 0 Å². The molecule has 0 aromatic carbocycles. The molecule has 0 unspecified atom stereocenters. The Morgan fingerprint density at radius 1 is 1.24 bits per heavy atom. The highest BCUT2D eigenvalue weighted by Gasteiger charge is 2.00. The van der Waals surface area contributed by atoms with Crippen molar-refractivity contribution in [3.05, 3.63) is 11.6 Å². The second-order valence-corrected chi connectivity index (χ2v) is 4.23. The van der Waals surface area contributed by atoms with E-state index in [1.807, 2.05) is 6.07 Å². The molecule has 96 valence electrons. The van der Waals surface area contributed by atoms with Gasteiger partial charge in [0.15, 0.2) is 0 Å². The molecule has 0 aromatic rings. The van der Waals surface area contributed by atoms with Crippen LogP contribution in [0.3, 0.4) is 0 Å². The van der Waals surface area contributed by atoms with Crippen LogP contribution in [0.1, 0.15) is 58.8 Å². The Hall–Kier alpha value is -1.30. The fourth-order valence-corrected chi connectivity index (χ4v) is 1.60. The number of rotatable bonds is 9. The van der Waals surface area contributed by atoms with Gasteiger partial charge in [-0.1, -0.05) is 39.0 Å². The molecule has 0 saturated carbocycles.